The van der Waals surface area contributed by atoms with Crippen LogP contribution in [0, 0.1) is 20.8 Å². The summed E-state index contributed by atoms with van der Waals surface area (Å²) >= 11 is 12.3. The number of carbonyl (C=O) groups excluding carboxylic acids is 2. The van der Waals surface area contributed by atoms with Crippen molar-refractivity contribution in [3.8, 4) is 0 Å². The second-order valence-electron chi connectivity index (χ2n) is 10.3. The van der Waals surface area contributed by atoms with Crippen LogP contribution in [0.4, 0.5) is 5.69 Å². The molecule has 1 N–H and O–H groups in total. The summed E-state index contributed by atoms with van der Waals surface area (Å²) in [6.45, 7) is 10.5. The number of nitrogens with zero attached hydrogens (tertiary/aromatic N) is 2. The van der Waals surface area contributed by atoms with Gasteiger partial charge in [-0.3, -0.25) is 13.9 Å². The first kappa shape index (κ1) is 32.4. The van der Waals surface area contributed by atoms with Crippen LogP contribution in [0.1, 0.15) is 49.4 Å². The molecule has 0 saturated carbocycles. The van der Waals surface area contributed by atoms with E-state index in [4.69, 9.17) is 23.2 Å². The monoisotopic (exact) mass is 617 g/mol. The average molecular weight is 619 g/mol. The zero-order valence-corrected chi connectivity index (χ0v) is 26.6. The van der Waals surface area contributed by atoms with E-state index in [9.17, 15) is 18.0 Å². The first-order valence-electron chi connectivity index (χ1n) is 13.5. The van der Waals surface area contributed by atoms with Crippen molar-refractivity contribution >= 4 is 50.7 Å². The highest BCUT2D eigenvalue weighted by molar-refractivity contribution is 7.92. The Bertz CT molecular complexity index is 1510. The third-order valence-electron chi connectivity index (χ3n) is 7.24. The van der Waals surface area contributed by atoms with E-state index in [2.05, 4.69) is 5.32 Å². The zero-order valence-electron chi connectivity index (χ0n) is 24.2. The highest BCUT2D eigenvalue weighted by Gasteiger charge is 2.33. The topological polar surface area (TPSA) is 86.8 Å². The molecule has 2 atom stereocenters. The van der Waals surface area contributed by atoms with Crippen LogP contribution < -0.4 is 9.62 Å². The Kier molecular flexibility index (Phi) is 10.9. The zero-order chi connectivity index (χ0) is 30.5. The summed E-state index contributed by atoms with van der Waals surface area (Å²) in [7, 11) is -4.15. The van der Waals surface area contributed by atoms with Crippen LogP contribution in [0.3, 0.4) is 0 Å². The van der Waals surface area contributed by atoms with E-state index < -0.39 is 28.5 Å². The normalized spacial score (nSPS) is 12.9. The molecule has 3 rings (SSSR count). The maximum absolute atomic E-state index is 14.1. The van der Waals surface area contributed by atoms with Gasteiger partial charge in [-0.2, -0.15) is 0 Å². The number of hydrogen-bond donors (Lipinski definition) is 1. The van der Waals surface area contributed by atoms with E-state index >= 15 is 0 Å². The van der Waals surface area contributed by atoms with E-state index in [-0.39, 0.29) is 23.4 Å². The van der Waals surface area contributed by atoms with E-state index in [1.54, 1.807) is 49.4 Å². The molecule has 0 fully saturated rings. The Labute approximate surface area is 253 Å². The number of nitrogens with one attached hydrogen (secondary N) is 1. The van der Waals surface area contributed by atoms with Crippen LogP contribution >= 0.6 is 23.2 Å². The number of carbonyl (C=O) groups is 2. The minimum Gasteiger partial charge on any atom is -0.352 e. The number of aryl methyl sites for hydroxylation is 2. The lowest BCUT2D eigenvalue weighted by Crippen LogP contribution is -2.52. The number of amides is 2. The largest absolute Gasteiger partial charge is 0.352 e. The van der Waals surface area contributed by atoms with Gasteiger partial charge in [0.25, 0.3) is 10.0 Å². The van der Waals surface area contributed by atoms with Gasteiger partial charge in [0.1, 0.15) is 12.6 Å². The molecule has 3 aromatic rings. The molecule has 7 nitrogen and oxygen atoms in total. The molecule has 0 heterocycles. The van der Waals surface area contributed by atoms with Gasteiger partial charge in [-0.15, -0.1) is 0 Å². The SMILES string of the molecule is CC[C@H](C)NC(=O)[C@@H](C)N(Cc1ccc(Cl)c(Cl)c1)C(=O)CN(c1cccc(C)c1C)S(=O)(=O)c1ccc(C)cc1. The number of benzene rings is 3. The van der Waals surface area contributed by atoms with E-state index in [1.807, 2.05) is 40.7 Å². The summed E-state index contributed by atoms with van der Waals surface area (Å²) in [6, 6.07) is 15.8. The van der Waals surface area contributed by atoms with Crippen LogP contribution in [0.15, 0.2) is 65.6 Å². The smallest absolute Gasteiger partial charge is 0.264 e. The molecule has 41 heavy (non-hydrogen) atoms. The Hall–Kier alpha value is -3.07. The molecule has 0 saturated heterocycles. The predicted molar refractivity (Wildman–Crippen MR) is 166 cm³/mol. The van der Waals surface area contributed by atoms with Crippen LogP contribution in [-0.2, 0) is 26.2 Å². The van der Waals surface area contributed by atoms with Crippen molar-refractivity contribution in [2.45, 2.75) is 71.5 Å². The molecule has 0 aliphatic heterocycles. The summed E-state index contributed by atoms with van der Waals surface area (Å²) in [5, 5.41) is 3.60. The van der Waals surface area contributed by atoms with Gasteiger partial charge < -0.3 is 10.2 Å². The molecule has 0 aromatic heterocycles. The van der Waals surface area contributed by atoms with Gasteiger partial charge in [0, 0.05) is 12.6 Å². The van der Waals surface area contributed by atoms with Crippen LogP contribution in [0.5, 0.6) is 0 Å². The molecule has 0 spiro atoms. The number of anilines is 1. The summed E-state index contributed by atoms with van der Waals surface area (Å²) in [4.78, 5) is 28.7. The summed E-state index contributed by atoms with van der Waals surface area (Å²) < 4.78 is 29.2. The molecule has 220 valence electrons. The van der Waals surface area contributed by atoms with Gasteiger partial charge in [0.2, 0.25) is 11.8 Å². The van der Waals surface area contributed by atoms with Crippen molar-refractivity contribution in [1.29, 1.82) is 0 Å². The van der Waals surface area contributed by atoms with Crippen molar-refractivity contribution in [1.82, 2.24) is 10.2 Å². The fourth-order valence-electron chi connectivity index (χ4n) is 4.24. The number of halogens is 2. The van der Waals surface area contributed by atoms with Gasteiger partial charge in [-0.05, 0) is 88.1 Å². The van der Waals surface area contributed by atoms with Crippen molar-refractivity contribution in [3.63, 3.8) is 0 Å². The van der Waals surface area contributed by atoms with Crippen molar-refractivity contribution < 1.29 is 18.0 Å². The summed E-state index contributed by atoms with van der Waals surface area (Å²) in [6.07, 6.45) is 0.717. The minimum atomic E-state index is -4.15. The third kappa shape index (κ3) is 7.82. The lowest BCUT2D eigenvalue weighted by atomic mass is 10.1. The predicted octanol–water partition coefficient (Wildman–Crippen LogP) is 6.45. The first-order chi connectivity index (χ1) is 19.3. The second kappa shape index (κ2) is 13.7. The molecule has 0 radical (unpaired) electrons. The van der Waals surface area contributed by atoms with E-state index in [0.29, 0.717) is 27.7 Å². The van der Waals surface area contributed by atoms with Gasteiger partial charge in [0.05, 0.1) is 20.6 Å². The Morgan fingerprint density at radius 1 is 0.927 bits per heavy atom. The maximum Gasteiger partial charge on any atom is 0.264 e. The van der Waals surface area contributed by atoms with Crippen LogP contribution in [-0.4, -0.2) is 43.8 Å². The van der Waals surface area contributed by atoms with Crippen molar-refractivity contribution in [2.75, 3.05) is 10.8 Å². The highest BCUT2D eigenvalue weighted by Crippen LogP contribution is 2.30. The Morgan fingerprint density at radius 2 is 1.59 bits per heavy atom. The molecular weight excluding hydrogens is 581 g/mol. The summed E-state index contributed by atoms with van der Waals surface area (Å²) in [5.74, 6) is -0.882. The van der Waals surface area contributed by atoms with Crippen LogP contribution in [0.2, 0.25) is 10.0 Å². The van der Waals surface area contributed by atoms with Gasteiger partial charge in [0.15, 0.2) is 0 Å². The van der Waals surface area contributed by atoms with Crippen LogP contribution in [0.25, 0.3) is 0 Å². The van der Waals surface area contributed by atoms with Crippen molar-refractivity contribution in [2.24, 2.45) is 0 Å². The van der Waals surface area contributed by atoms with Crippen molar-refractivity contribution in [3.05, 3.63) is 93.0 Å². The average Bonchev–Trinajstić information content (AvgIpc) is 2.93. The second-order valence-corrected chi connectivity index (χ2v) is 13.0. The fraction of sp³-hybridized carbons (Fsp3) is 0.355. The number of rotatable bonds is 11. The van der Waals surface area contributed by atoms with Gasteiger partial charge >= 0.3 is 0 Å². The fourth-order valence-corrected chi connectivity index (χ4v) is 6.03. The first-order valence-corrected chi connectivity index (χ1v) is 15.6. The number of hydrogen-bond acceptors (Lipinski definition) is 4. The minimum absolute atomic E-state index is 0.0238. The lowest BCUT2D eigenvalue weighted by molar-refractivity contribution is -0.139. The lowest BCUT2D eigenvalue weighted by Gasteiger charge is -2.33. The number of sulfonamides is 1. The highest BCUT2D eigenvalue weighted by atomic mass is 35.5. The third-order valence-corrected chi connectivity index (χ3v) is 9.75. The standard InChI is InChI=1S/C31H37Cl2N3O4S/c1-7-22(4)34-31(38)24(6)35(18-25-13-16-27(32)28(33)17-25)30(37)19-36(29-10-8-9-21(3)23(29)5)41(39,40)26-14-11-20(2)12-15-26/h8-17,22,24H,7,18-19H2,1-6H3,(H,34,38)/t22-,24+/m0/s1. The molecule has 2 amide bonds. The molecule has 10 heteroatoms. The quantitative estimate of drug-likeness (QED) is 0.268. The summed E-state index contributed by atoms with van der Waals surface area (Å²) in [5.41, 5.74) is 3.57. The molecule has 3 aromatic carbocycles. The van der Waals surface area contributed by atoms with Gasteiger partial charge in [-0.25, -0.2) is 8.42 Å². The molecule has 0 aliphatic rings. The molecule has 0 bridgehead atoms. The molecule has 0 aliphatic carbocycles. The van der Waals surface area contributed by atoms with E-state index in [0.717, 1.165) is 21.0 Å². The van der Waals surface area contributed by atoms with E-state index in [1.165, 1.54) is 17.0 Å². The van der Waals surface area contributed by atoms with Gasteiger partial charge in [-0.1, -0.05) is 66.0 Å². The maximum atomic E-state index is 14.1. The Morgan fingerprint density at radius 3 is 2.20 bits per heavy atom. The molecule has 0 unspecified atom stereocenters. The Balaban J connectivity index is 2.08. The molecular formula is C31H37Cl2N3O4S.